The maximum Gasteiger partial charge on any atom is 0.163 e. The topological polar surface area (TPSA) is 34.4 Å². The van der Waals surface area contributed by atoms with E-state index >= 15 is 0 Å². The molecule has 1 radical (unpaired) electrons. The van der Waals surface area contributed by atoms with E-state index < -0.39 is 0 Å². The number of fused-ring (bicyclic) bond motifs is 1. The third-order valence-electron chi connectivity index (χ3n) is 2.08. The van der Waals surface area contributed by atoms with Gasteiger partial charge in [0.1, 0.15) is 11.8 Å². The Morgan fingerprint density at radius 1 is 1.54 bits per heavy atom. The summed E-state index contributed by atoms with van der Waals surface area (Å²) in [6, 6.07) is 3.70. The molecule has 3 nitrogen and oxygen atoms in total. The Morgan fingerprint density at radius 2 is 2.31 bits per heavy atom. The molecule has 0 aliphatic carbocycles. The summed E-state index contributed by atoms with van der Waals surface area (Å²) in [7, 11) is 0. The Bertz CT molecular complexity index is 471. The molecule has 2 aromatic rings. The van der Waals surface area contributed by atoms with Gasteiger partial charge in [-0.25, -0.2) is 4.98 Å². The van der Waals surface area contributed by atoms with Crippen molar-refractivity contribution in [2.24, 2.45) is 0 Å². The first kappa shape index (κ1) is 7.98. The first-order valence-electron chi connectivity index (χ1n) is 4.06. The molecule has 2 rings (SSSR count). The van der Waals surface area contributed by atoms with Gasteiger partial charge in [0, 0.05) is 11.9 Å². The lowest BCUT2D eigenvalue weighted by molar-refractivity contribution is 0.101. The van der Waals surface area contributed by atoms with E-state index in [4.69, 9.17) is 0 Å². The van der Waals surface area contributed by atoms with Crippen LogP contribution in [0.4, 0.5) is 0 Å². The number of Topliss-reactive ketones (excluding diaryl/α,β-unsaturated/α-hetero) is 1. The highest BCUT2D eigenvalue weighted by Gasteiger charge is 2.07. The van der Waals surface area contributed by atoms with Crippen molar-refractivity contribution in [2.75, 3.05) is 0 Å². The number of rotatable bonds is 1. The molecule has 2 aromatic heterocycles. The van der Waals surface area contributed by atoms with E-state index in [1.807, 2.05) is 17.4 Å². The highest BCUT2D eigenvalue weighted by Crippen LogP contribution is 2.11. The molecule has 0 atom stereocenters. The second-order valence-corrected chi connectivity index (χ2v) is 3.01. The molecule has 0 amide bonds. The second-order valence-electron chi connectivity index (χ2n) is 3.01. The Kier molecular flexibility index (Phi) is 1.65. The Hall–Kier alpha value is -1.64. The summed E-state index contributed by atoms with van der Waals surface area (Å²) in [5.41, 5.74) is 2.38. The largest absolute Gasteiger partial charge is 0.303 e. The van der Waals surface area contributed by atoms with Crippen LogP contribution in [0.15, 0.2) is 18.3 Å². The number of ketones is 1. The Balaban J connectivity index is 2.86. The fraction of sp³-hybridized carbons (Fsp3) is 0.200. The predicted molar refractivity (Wildman–Crippen MR) is 48.8 cm³/mol. The van der Waals surface area contributed by atoms with Gasteiger partial charge in [0.05, 0.1) is 5.56 Å². The molecule has 13 heavy (non-hydrogen) atoms. The summed E-state index contributed by atoms with van der Waals surface area (Å²) >= 11 is 0. The molecule has 3 heteroatoms. The van der Waals surface area contributed by atoms with Gasteiger partial charge in [0.15, 0.2) is 5.78 Å². The zero-order chi connectivity index (χ0) is 9.42. The zero-order valence-corrected chi connectivity index (χ0v) is 7.53. The normalized spacial score (nSPS) is 10.6. The third kappa shape index (κ3) is 1.13. The number of pyridine rings is 1. The lowest BCUT2D eigenvalue weighted by Crippen LogP contribution is -1.99. The minimum Gasteiger partial charge on any atom is -0.303 e. The van der Waals surface area contributed by atoms with Gasteiger partial charge in [-0.15, -0.1) is 0 Å². The molecule has 65 valence electrons. The van der Waals surface area contributed by atoms with Crippen LogP contribution in [0.3, 0.4) is 0 Å². The second kappa shape index (κ2) is 2.69. The van der Waals surface area contributed by atoms with Crippen LogP contribution in [-0.4, -0.2) is 15.2 Å². The van der Waals surface area contributed by atoms with Gasteiger partial charge in [0.25, 0.3) is 0 Å². The number of aryl methyl sites for hydroxylation is 1. The fourth-order valence-corrected chi connectivity index (χ4v) is 1.36. The molecule has 0 unspecified atom stereocenters. The molecule has 0 aliphatic rings. The first-order valence-corrected chi connectivity index (χ1v) is 4.06. The van der Waals surface area contributed by atoms with Crippen molar-refractivity contribution < 1.29 is 4.79 Å². The van der Waals surface area contributed by atoms with E-state index in [2.05, 4.69) is 11.2 Å². The number of carbonyl (C=O) groups excluding carboxylic acids is 1. The number of hydrogen-bond acceptors (Lipinski definition) is 2. The van der Waals surface area contributed by atoms with E-state index in [0.717, 1.165) is 5.69 Å². The summed E-state index contributed by atoms with van der Waals surface area (Å²) in [6.45, 7) is 3.51. The average molecular weight is 173 g/mol. The zero-order valence-electron chi connectivity index (χ0n) is 7.53. The number of nitrogens with zero attached hydrogens (tertiary/aromatic N) is 2. The Morgan fingerprint density at radius 3 is 3.00 bits per heavy atom. The summed E-state index contributed by atoms with van der Waals surface area (Å²) in [6.07, 6.45) is 4.47. The maximum atomic E-state index is 11.2. The van der Waals surface area contributed by atoms with E-state index in [1.54, 1.807) is 19.2 Å². The van der Waals surface area contributed by atoms with Gasteiger partial charge in [-0.1, -0.05) is 0 Å². The highest BCUT2D eigenvalue weighted by molar-refractivity contribution is 5.99. The van der Waals surface area contributed by atoms with E-state index in [1.165, 1.54) is 0 Å². The summed E-state index contributed by atoms with van der Waals surface area (Å²) < 4.78 is 1.86. The molecular formula is C10H9N2O. The maximum absolute atomic E-state index is 11.2. The molecule has 0 saturated heterocycles. The van der Waals surface area contributed by atoms with Crippen molar-refractivity contribution in [3.05, 3.63) is 35.8 Å². The summed E-state index contributed by atoms with van der Waals surface area (Å²) in [5.74, 6) is 0.0320. The van der Waals surface area contributed by atoms with Crippen LogP contribution in [0, 0.1) is 13.1 Å². The van der Waals surface area contributed by atoms with Crippen LogP contribution < -0.4 is 0 Å². The van der Waals surface area contributed by atoms with Crippen molar-refractivity contribution in [1.29, 1.82) is 0 Å². The highest BCUT2D eigenvalue weighted by atomic mass is 16.1. The lowest BCUT2D eigenvalue weighted by atomic mass is 10.2. The van der Waals surface area contributed by atoms with Crippen molar-refractivity contribution in [3.63, 3.8) is 0 Å². The molecule has 0 saturated carbocycles. The van der Waals surface area contributed by atoms with Crippen molar-refractivity contribution in [2.45, 2.75) is 13.8 Å². The summed E-state index contributed by atoms with van der Waals surface area (Å²) in [4.78, 5) is 15.2. The van der Waals surface area contributed by atoms with E-state index in [9.17, 15) is 4.79 Å². The Labute approximate surface area is 76.0 Å². The molecule has 0 aliphatic heterocycles. The van der Waals surface area contributed by atoms with Crippen molar-refractivity contribution in [1.82, 2.24) is 9.38 Å². The molecule has 0 bridgehead atoms. The smallest absolute Gasteiger partial charge is 0.163 e. The third-order valence-corrected chi connectivity index (χ3v) is 2.08. The van der Waals surface area contributed by atoms with Gasteiger partial charge < -0.3 is 4.40 Å². The van der Waals surface area contributed by atoms with Gasteiger partial charge >= 0.3 is 0 Å². The lowest BCUT2D eigenvalue weighted by Gasteiger charge is -2.02. The van der Waals surface area contributed by atoms with E-state index in [-0.39, 0.29) is 5.78 Å². The molecule has 0 N–H and O–H groups in total. The van der Waals surface area contributed by atoms with Crippen LogP contribution in [0.1, 0.15) is 23.0 Å². The van der Waals surface area contributed by atoms with Gasteiger partial charge in [-0.2, -0.15) is 0 Å². The van der Waals surface area contributed by atoms with E-state index in [0.29, 0.717) is 11.2 Å². The number of aromatic nitrogens is 2. The number of carbonyl (C=O) groups is 1. The van der Waals surface area contributed by atoms with Crippen LogP contribution in [-0.2, 0) is 0 Å². The quantitative estimate of drug-likeness (QED) is 0.614. The van der Waals surface area contributed by atoms with Crippen molar-refractivity contribution >= 4 is 11.4 Å². The van der Waals surface area contributed by atoms with Crippen molar-refractivity contribution in [3.8, 4) is 0 Å². The standard InChI is InChI=1S/C10H9N2O/c1-7-3-4-9(8(2)13)10-11-5-6-12(7)10/h3-4,6H,1-2H3. The minimum absolute atomic E-state index is 0.0320. The van der Waals surface area contributed by atoms with Gasteiger partial charge in [-0.3, -0.25) is 4.79 Å². The molecule has 2 heterocycles. The first-order chi connectivity index (χ1) is 6.20. The van der Waals surface area contributed by atoms with Crippen LogP contribution in [0.2, 0.25) is 0 Å². The van der Waals surface area contributed by atoms with Gasteiger partial charge in [-0.05, 0) is 26.0 Å². The average Bonchev–Trinajstić information content (AvgIpc) is 2.53. The minimum atomic E-state index is 0.0320. The van der Waals surface area contributed by atoms with Gasteiger partial charge in [0.2, 0.25) is 0 Å². The van der Waals surface area contributed by atoms with Crippen LogP contribution in [0.25, 0.3) is 5.65 Å². The SMILES string of the molecule is CC(=O)c1ccc(C)n2c[c]nc12. The molecule has 0 aromatic carbocycles. The summed E-state index contributed by atoms with van der Waals surface area (Å²) in [5, 5.41) is 0. The molecular weight excluding hydrogens is 164 g/mol. The predicted octanol–water partition coefficient (Wildman–Crippen LogP) is 1.65. The number of imidazole rings is 1. The van der Waals surface area contributed by atoms with Crippen LogP contribution >= 0.6 is 0 Å². The number of hydrogen-bond donors (Lipinski definition) is 0. The fourth-order valence-electron chi connectivity index (χ4n) is 1.36. The molecule has 0 spiro atoms. The monoisotopic (exact) mass is 173 g/mol. The van der Waals surface area contributed by atoms with Crippen LogP contribution in [0.5, 0.6) is 0 Å². The molecule has 0 fully saturated rings.